The molecule has 2 aromatic rings. The molecule has 0 aliphatic carbocycles. The Hall–Kier alpha value is -1.88. The molecule has 1 unspecified atom stereocenters. The van der Waals surface area contributed by atoms with Crippen molar-refractivity contribution in [3.8, 4) is 0 Å². The lowest BCUT2D eigenvalue weighted by molar-refractivity contribution is -0.130. The quantitative estimate of drug-likeness (QED) is 0.933. The van der Waals surface area contributed by atoms with Crippen LogP contribution in [-0.2, 0) is 11.2 Å². The Balaban J connectivity index is 1.59. The molecule has 2 N–H and O–H groups in total. The molecule has 1 aromatic heterocycles. The number of amides is 1. The third kappa shape index (κ3) is 2.93. The van der Waals surface area contributed by atoms with Gasteiger partial charge in [0.1, 0.15) is 5.52 Å². The lowest BCUT2D eigenvalue weighted by Gasteiger charge is -2.22. The second-order valence-corrected chi connectivity index (χ2v) is 6.16. The summed E-state index contributed by atoms with van der Waals surface area (Å²) in [6.07, 6.45) is 1.97. The number of nitrogens with zero attached hydrogens (tertiary/aromatic N) is 2. The molecule has 5 heteroatoms. The highest BCUT2D eigenvalue weighted by molar-refractivity contribution is 5.77. The summed E-state index contributed by atoms with van der Waals surface area (Å²) in [7, 11) is 0. The first-order valence-corrected chi connectivity index (χ1v) is 7.42. The minimum atomic E-state index is 0.0767. The van der Waals surface area contributed by atoms with Crippen LogP contribution in [0.3, 0.4) is 0 Å². The van der Waals surface area contributed by atoms with Gasteiger partial charge in [0, 0.05) is 25.9 Å². The number of carbonyl (C=O) groups excluding carboxylic acids is 1. The second-order valence-electron chi connectivity index (χ2n) is 6.16. The van der Waals surface area contributed by atoms with Gasteiger partial charge >= 0.3 is 0 Å². The molecular formula is C16H21N3O2. The van der Waals surface area contributed by atoms with E-state index in [0.717, 1.165) is 30.6 Å². The summed E-state index contributed by atoms with van der Waals surface area (Å²) in [5.41, 5.74) is 7.47. The number of oxazole rings is 1. The first-order valence-electron chi connectivity index (χ1n) is 7.42. The van der Waals surface area contributed by atoms with E-state index in [-0.39, 0.29) is 11.3 Å². The standard InChI is InChI=1S/C16H21N3O2/c1-16(10-17)8-9-19(11-16)15(20)7-6-14-18-12-4-2-3-5-13(12)21-14/h2-5H,6-11,17H2,1H3. The third-order valence-corrected chi connectivity index (χ3v) is 4.29. The number of hydrogen-bond donors (Lipinski definition) is 1. The van der Waals surface area contributed by atoms with E-state index in [1.54, 1.807) is 0 Å². The fraction of sp³-hybridized carbons (Fsp3) is 0.500. The van der Waals surface area contributed by atoms with E-state index in [0.29, 0.717) is 25.3 Å². The largest absolute Gasteiger partial charge is 0.441 e. The molecule has 1 aromatic carbocycles. The van der Waals surface area contributed by atoms with Crippen LogP contribution in [0, 0.1) is 5.41 Å². The van der Waals surface area contributed by atoms with Gasteiger partial charge in [-0.3, -0.25) is 4.79 Å². The Morgan fingerprint density at radius 3 is 3.00 bits per heavy atom. The maximum atomic E-state index is 12.3. The fourth-order valence-electron chi connectivity index (χ4n) is 2.80. The molecule has 1 fully saturated rings. The number of carbonyl (C=O) groups is 1. The molecule has 1 amide bonds. The molecule has 1 atom stereocenters. The van der Waals surface area contributed by atoms with Crippen LogP contribution in [0.5, 0.6) is 0 Å². The van der Waals surface area contributed by atoms with Crippen LogP contribution in [0.2, 0.25) is 0 Å². The Bertz CT molecular complexity index is 619. The van der Waals surface area contributed by atoms with E-state index < -0.39 is 0 Å². The molecule has 1 saturated heterocycles. The molecule has 2 heterocycles. The van der Waals surface area contributed by atoms with E-state index >= 15 is 0 Å². The van der Waals surface area contributed by atoms with Gasteiger partial charge in [0.2, 0.25) is 5.91 Å². The molecule has 3 rings (SSSR count). The number of likely N-dealkylation sites (tertiary alicyclic amines) is 1. The van der Waals surface area contributed by atoms with Gasteiger partial charge in [-0.05, 0) is 30.5 Å². The van der Waals surface area contributed by atoms with Gasteiger partial charge < -0.3 is 15.1 Å². The molecule has 0 spiro atoms. The van der Waals surface area contributed by atoms with Crippen LogP contribution in [0.4, 0.5) is 0 Å². The molecule has 0 saturated carbocycles. The molecule has 0 radical (unpaired) electrons. The summed E-state index contributed by atoms with van der Waals surface area (Å²) in [6, 6.07) is 7.65. The SMILES string of the molecule is CC1(CN)CCN(C(=O)CCc2nc3ccccc3o2)C1. The maximum Gasteiger partial charge on any atom is 0.223 e. The highest BCUT2D eigenvalue weighted by Crippen LogP contribution is 2.29. The zero-order valence-corrected chi connectivity index (χ0v) is 12.3. The summed E-state index contributed by atoms with van der Waals surface area (Å²) in [5, 5.41) is 0. The van der Waals surface area contributed by atoms with Crippen molar-refractivity contribution in [2.75, 3.05) is 19.6 Å². The Kier molecular flexibility index (Phi) is 3.68. The highest BCUT2D eigenvalue weighted by atomic mass is 16.3. The summed E-state index contributed by atoms with van der Waals surface area (Å²) < 4.78 is 5.64. The molecule has 1 aliphatic heterocycles. The number of aryl methyl sites for hydroxylation is 1. The zero-order chi connectivity index (χ0) is 14.9. The normalized spacial score (nSPS) is 22.1. The summed E-state index contributed by atoms with van der Waals surface area (Å²) in [6.45, 7) is 4.33. The fourth-order valence-corrected chi connectivity index (χ4v) is 2.80. The van der Waals surface area contributed by atoms with Crippen LogP contribution >= 0.6 is 0 Å². The van der Waals surface area contributed by atoms with Gasteiger partial charge in [0.15, 0.2) is 11.5 Å². The average molecular weight is 287 g/mol. The first-order chi connectivity index (χ1) is 10.1. The predicted octanol–water partition coefficient (Wildman–Crippen LogP) is 1.96. The van der Waals surface area contributed by atoms with Crippen molar-refractivity contribution in [1.82, 2.24) is 9.88 Å². The van der Waals surface area contributed by atoms with Crippen LogP contribution in [0.25, 0.3) is 11.1 Å². The molecule has 112 valence electrons. The van der Waals surface area contributed by atoms with Crippen molar-refractivity contribution in [1.29, 1.82) is 0 Å². The van der Waals surface area contributed by atoms with Crippen molar-refractivity contribution in [2.45, 2.75) is 26.2 Å². The van der Waals surface area contributed by atoms with Gasteiger partial charge in [0.25, 0.3) is 0 Å². The zero-order valence-electron chi connectivity index (χ0n) is 12.3. The molecule has 21 heavy (non-hydrogen) atoms. The number of para-hydroxylation sites is 2. The van der Waals surface area contributed by atoms with E-state index in [1.165, 1.54) is 0 Å². The topological polar surface area (TPSA) is 72.4 Å². The minimum Gasteiger partial charge on any atom is -0.441 e. The van der Waals surface area contributed by atoms with Gasteiger partial charge in [-0.25, -0.2) is 4.98 Å². The van der Waals surface area contributed by atoms with Crippen molar-refractivity contribution in [3.05, 3.63) is 30.2 Å². The smallest absolute Gasteiger partial charge is 0.223 e. The number of rotatable bonds is 4. The van der Waals surface area contributed by atoms with Crippen molar-refractivity contribution >= 4 is 17.0 Å². The van der Waals surface area contributed by atoms with Gasteiger partial charge in [-0.2, -0.15) is 0 Å². The number of fused-ring (bicyclic) bond motifs is 1. The average Bonchev–Trinajstić information content (AvgIpc) is 3.08. The monoisotopic (exact) mass is 287 g/mol. The summed E-state index contributed by atoms with van der Waals surface area (Å²) >= 11 is 0. The predicted molar refractivity (Wildman–Crippen MR) is 80.7 cm³/mol. The van der Waals surface area contributed by atoms with Crippen LogP contribution in [0.15, 0.2) is 28.7 Å². The van der Waals surface area contributed by atoms with Gasteiger partial charge in [-0.1, -0.05) is 19.1 Å². The van der Waals surface area contributed by atoms with E-state index in [2.05, 4.69) is 11.9 Å². The van der Waals surface area contributed by atoms with Gasteiger partial charge in [0.05, 0.1) is 0 Å². The first kappa shape index (κ1) is 14.1. The Labute approximate surface area is 124 Å². The second kappa shape index (κ2) is 5.48. The van der Waals surface area contributed by atoms with E-state index in [4.69, 9.17) is 10.2 Å². The number of benzene rings is 1. The summed E-state index contributed by atoms with van der Waals surface area (Å²) in [4.78, 5) is 18.6. The number of hydrogen-bond acceptors (Lipinski definition) is 4. The maximum absolute atomic E-state index is 12.3. The lowest BCUT2D eigenvalue weighted by Crippen LogP contribution is -2.34. The third-order valence-electron chi connectivity index (χ3n) is 4.29. The van der Waals surface area contributed by atoms with Crippen LogP contribution in [0.1, 0.15) is 25.7 Å². The Morgan fingerprint density at radius 2 is 2.29 bits per heavy atom. The minimum absolute atomic E-state index is 0.0767. The molecular weight excluding hydrogens is 266 g/mol. The highest BCUT2D eigenvalue weighted by Gasteiger charge is 2.34. The van der Waals surface area contributed by atoms with E-state index in [9.17, 15) is 4.79 Å². The molecule has 5 nitrogen and oxygen atoms in total. The van der Waals surface area contributed by atoms with Crippen molar-refractivity contribution in [3.63, 3.8) is 0 Å². The lowest BCUT2D eigenvalue weighted by atomic mass is 9.90. The molecule has 0 bridgehead atoms. The molecule has 1 aliphatic rings. The van der Waals surface area contributed by atoms with Crippen LogP contribution in [-0.4, -0.2) is 35.4 Å². The van der Waals surface area contributed by atoms with Gasteiger partial charge in [-0.15, -0.1) is 0 Å². The van der Waals surface area contributed by atoms with Crippen LogP contribution < -0.4 is 5.73 Å². The summed E-state index contributed by atoms with van der Waals surface area (Å²) in [5.74, 6) is 0.791. The van der Waals surface area contributed by atoms with Crippen molar-refractivity contribution in [2.24, 2.45) is 11.1 Å². The number of nitrogens with two attached hydrogens (primary N) is 1. The van der Waals surface area contributed by atoms with Crippen molar-refractivity contribution < 1.29 is 9.21 Å². The number of aromatic nitrogens is 1. The van der Waals surface area contributed by atoms with E-state index in [1.807, 2.05) is 29.2 Å². The Morgan fingerprint density at radius 1 is 1.48 bits per heavy atom.